The number of carboxylic acids is 1. The summed E-state index contributed by atoms with van der Waals surface area (Å²) in [6.45, 7) is 5.82. The standard InChI is InChI=1S/C67H112O12/c1-4-7-10-13-16-19-22-25-28-29-30-31-34-37-40-43-46-49-52-55-61(70)78-65-63(72)62(71)64(66(73)74)79-67(65)76-57-58(77-60(69)54-51-48-45-42-39-36-33-27-24-21-18-15-12-9-6-3)56-75-59(68)53-50-47-44-41-38-35-32-26-23-20-17-14-11-8-5-2/h8,11,17-18,20-21,25-28,32-33,38,41,58,62-65,67,71-72H,4-7,9-10,12-16,19,22-24,29-31,34-37,39-40,42-57H2,1-3H3,(H,73,74)/b11-8-,20-17-,21-18-,28-25-,32-26-,33-27-,41-38-. The number of rotatable bonds is 53. The van der Waals surface area contributed by atoms with Crippen molar-refractivity contribution >= 4 is 23.9 Å². The Balaban J connectivity index is 2.69. The second kappa shape index (κ2) is 54.5. The van der Waals surface area contributed by atoms with E-state index in [4.69, 9.17) is 23.7 Å². The third kappa shape index (κ3) is 44.3. The van der Waals surface area contributed by atoms with Crippen LogP contribution in [0.2, 0.25) is 0 Å². The van der Waals surface area contributed by atoms with Crippen molar-refractivity contribution in [2.45, 2.75) is 302 Å². The number of aliphatic carboxylic acids is 1. The van der Waals surface area contributed by atoms with Gasteiger partial charge in [-0.05, 0) is 116 Å². The molecule has 0 aromatic rings. The SMILES string of the molecule is CC/C=C\C/C=C\C/C=C\C/C=C\CCCCC(=O)OCC(COC1OC(C(=O)O)C(O)C(O)C1OC(=O)CCCCCCCCCCC/C=C\CCCCCCCC)OC(=O)CCCCCCC/C=C\C/C=C\CCCCC. The molecule has 452 valence electrons. The molecule has 1 rings (SSSR count). The Morgan fingerprint density at radius 1 is 0.430 bits per heavy atom. The van der Waals surface area contributed by atoms with Crippen molar-refractivity contribution in [1.82, 2.24) is 0 Å². The van der Waals surface area contributed by atoms with Crippen molar-refractivity contribution in [3.8, 4) is 0 Å². The number of carboxylic acid groups (broad SMARTS) is 1. The average molecular weight is 1110 g/mol. The van der Waals surface area contributed by atoms with Crippen LogP contribution in [0.4, 0.5) is 0 Å². The summed E-state index contributed by atoms with van der Waals surface area (Å²) in [4.78, 5) is 51.2. The van der Waals surface area contributed by atoms with Crippen LogP contribution in [0.25, 0.3) is 0 Å². The molecule has 6 unspecified atom stereocenters. The normalized spacial score (nSPS) is 18.4. The lowest BCUT2D eigenvalue weighted by molar-refractivity contribution is -0.301. The van der Waals surface area contributed by atoms with Crippen LogP contribution in [0.5, 0.6) is 0 Å². The molecule has 1 aliphatic rings. The maximum atomic E-state index is 13.2. The number of hydrogen-bond acceptors (Lipinski definition) is 11. The van der Waals surface area contributed by atoms with E-state index < -0.39 is 67.3 Å². The molecule has 1 saturated heterocycles. The van der Waals surface area contributed by atoms with Gasteiger partial charge in [-0.2, -0.15) is 0 Å². The third-order valence-electron chi connectivity index (χ3n) is 13.9. The lowest BCUT2D eigenvalue weighted by atomic mass is 9.98. The minimum absolute atomic E-state index is 0.0502. The Labute approximate surface area is 480 Å². The number of allylic oxidation sites excluding steroid dienone is 14. The minimum Gasteiger partial charge on any atom is -0.479 e. The van der Waals surface area contributed by atoms with Gasteiger partial charge in [0.2, 0.25) is 0 Å². The zero-order chi connectivity index (χ0) is 57.5. The predicted octanol–water partition coefficient (Wildman–Crippen LogP) is 16.7. The van der Waals surface area contributed by atoms with Gasteiger partial charge in [0.05, 0.1) is 6.61 Å². The van der Waals surface area contributed by atoms with E-state index in [2.05, 4.69) is 106 Å². The van der Waals surface area contributed by atoms with E-state index in [-0.39, 0.29) is 25.9 Å². The first-order chi connectivity index (χ1) is 38.6. The molecule has 12 nitrogen and oxygen atoms in total. The number of aliphatic hydroxyl groups is 2. The zero-order valence-electron chi connectivity index (χ0n) is 49.8. The fourth-order valence-corrected chi connectivity index (χ4v) is 9.09. The molecule has 0 aromatic heterocycles. The Kier molecular flexibility index (Phi) is 50.3. The molecule has 12 heteroatoms. The topological polar surface area (TPSA) is 175 Å². The van der Waals surface area contributed by atoms with Crippen molar-refractivity contribution in [2.75, 3.05) is 13.2 Å². The Morgan fingerprint density at radius 3 is 1.28 bits per heavy atom. The largest absolute Gasteiger partial charge is 0.479 e. The van der Waals surface area contributed by atoms with E-state index in [1.165, 1.54) is 89.9 Å². The maximum Gasteiger partial charge on any atom is 0.335 e. The number of esters is 3. The summed E-state index contributed by atoms with van der Waals surface area (Å²) in [5.74, 6) is -3.19. The molecule has 1 aliphatic heterocycles. The van der Waals surface area contributed by atoms with Crippen LogP contribution in [0.1, 0.15) is 265 Å². The molecule has 79 heavy (non-hydrogen) atoms. The highest BCUT2D eigenvalue weighted by atomic mass is 16.7. The summed E-state index contributed by atoms with van der Waals surface area (Å²) in [7, 11) is 0. The first-order valence-corrected chi connectivity index (χ1v) is 31.6. The van der Waals surface area contributed by atoms with Crippen molar-refractivity contribution in [3.63, 3.8) is 0 Å². The van der Waals surface area contributed by atoms with Crippen LogP contribution >= 0.6 is 0 Å². The quantitative estimate of drug-likeness (QED) is 0.0228. The third-order valence-corrected chi connectivity index (χ3v) is 13.9. The summed E-state index contributed by atoms with van der Waals surface area (Å²) < 4.78 is 28.4. The highest BCUT2D eigenvalue weighted by molar-refractivity contribution is 5.74. The fourth-order valence-electron chi connectivity index (χ4n) is 9.09. The molecular formula is C67H112O12. The van der Waals surface area contributed by atoms with Gasteiger partial charge in [-0.1, -0.05) is 215 Å². The number of ether oxygens (including phenoxy) is 5. The molecule has 0 radical (unpaired) electrons. The molecule has 0 aromatic carbocycles. The lowest BCUT2D eigenvalue weighted by Gasteiger charge is -2.40. The highest BCUT2D eigenvalue weighted by Gasteiger charge is 2.50. The van der Waals surface area contributed by atoms with E-state index in [9.17, 15) is 34.5 Å². The Hall–Kier alpha value is -4.10. The van der Waals surface area contributed by atoms with Gasteiger partial charge in [-0.15, -0.1) is 0 Å². The number of carbonyl (C=O) groups is 4. The average Bonchev–Trinajstić information content (AvgIpc) is 3.46. The first-order valence-electron chi connectivity index (χ1n) is 31.6. The lowest BCUT2D eigenvalue weighted by Crippen LogP contribution is -2.61. The van der Waals surface area contributed by atoms with Gasteiger partial charge in [0.25, 0.3) is 0 Å². The second-order valence-electron chi connectivity index (χ2n) is 21.3. The monoisotopic (exact) mass is 1110 g/mol. The number of carbonyl (C=O) groups excluding carboxylic acids is 3. The van der Waals surface area contributed by atoms with Crippen LogP contribution in [-0.2, 0) is 42.9 Å². The smallest absolute Gasteiger partial charge is 0.335 e. The van der Waals surface area contributed by atoms with Crippen molar-refractivity contribution in [2.24, 2.45) is 0 Å². The van der Waals surface area contributed by atoms with E-state index in [0.717, 1.165) is 116 Å². The first kappa shape index (κ1) is 72.9. The van der Waals surface area contributed by atoms with Crippen LogP contribution in [-0.4, -0.2) is 89.2 Å². The highest BCUT2D eigenvalue weighted by Crippen LogP contribution is 2.26. The number of hydrogen-bond donors (Lipinski definition) is 3. The van der Waals surface area contributed by atoms with Crippen LogP contribution in [0.3, 0.4) is 0 Å². The van der Waals surface area contributed by atoms with Gasteiger partial charge in [0, 0.05) is 19.3 Å². The summed E-state index contributed by atoms with van der Waals surface area (Å²) >= 11 is 0. The summed E-state index contributed by atoms with van der Waals surface area (Å²) in [5, 5.41) is 31.6. The Bertz CT molecular complexity index is 1700. The fraction of sp³-hybridized carbons (Fsp3) is 0.731. The molecule has 3 N–H and O–H groups in total. The van der Waals surface area contributed by atoms with Crippen LogP contribution in [0, 0.1) is 0 Å². The molecule has 6 atom stereocenters. The number of aliphatic hydroxyl groups excluding tert-OH is 2. The maximum absolute atomic E-state index is 13.2. The Morgan fingerprint density at radius 2 is 0.797 bits per heavy atom. The van der Waals surface area contributed by atoms with Gasteiger partial charge >= 0.3 is 23.9 Å². The summed E-state index contributed by atoms with van der Waals surface area (Å²) in [6, 6.07) is 0. The predicted molar refractivity (Wildman–Crippen MR) is 321 cm³/mol. The summed E-state index contributed by atoms with van der Waals surface area (Å²) in [5.41, 5.74) is 0. The molecule has 1 fully saturated rings. The van der Waals surface area contributed by atoms with E-state index >= 15 is 0 Å². The number of unbranched alkanes of at least 4 members (excludes halogenated alkanes) is 25. The van der Waals surface area contributed by atoms with E-state index in [0.29, 0.717) is 19.3 Å². The summed E-state index contributed by atoms with van der Waals surface area (Å²) in [6.07, 6.45) is 58.3. The molecule has 0 saturated carbocycles. The molecule has 0 bridgehead atoms. The molecule has 0 spiro atoms. The van der Waals surface area contributed by atoms with Crippen LogP contribution in [0.15, 0.2) is 85.1 Å². The molecule has 0 aliphatic carbocycles. The van der Waals surface area contributed by atoms with Gasteiger partial charge < -0.3 is 39.0 Å². The zero-order valence-corrected chi connectivity index (χ0v) is 49.8. The molecular weight excluding hydrogens is 997 g/mol. The molecule has 0 amide bonds. The second-order valence-corrected chi connectivity index (χ2v) is 21.3. The van der Waals surface area contributed by atoms with E-state index in [1.807, 2.05) is 0 Å². The van der Waals surface area contributed by atoms with E-state index in [1.54, 1.807) is 0 Å². The minimum atomic E-state index is -1.91. The van der Waals surface area contributed by atoms with Gasteiger partial charge in [-0.25, -0.2) is 4.79 Å². The van der Waals surface area contributed by atoms with Crippen molar-refractivity contribution in [3.05, 3.63) is 85.1 Å². The van der Waals surface area contributed by atoms with Gasteiger partial charge in [0.1, 0.15) is 18.8 Å². The van der Waals surface area contributed by atoms with Gasteiger partial charge in [-0.3, -0.25) is 14.4 Å². The van der Waals surface area contributed by atoms with Gasteiger partial charge in [0.15, 0.2) is 24.6 Å². The van der Waals surface area contributed by atoms with Crippen LogP contribution < -0.4 is 0 Å². The van der Waals surface area contributed by atoms with Crippen molar-refractivity contribution in [1.29, 1.82) is 0 Å². The van der Waals surface area contributed by atoms with Crippen molar-refractivity contribution < 1.29 is 58.2 Å². The molecule has 1 heterocycles.